The van der Waals surface area contributed by atoms with E-state index in [-0.39, 0.29) is 5.54 Å². The van der Waals surface area contributed by atoms with Crippen LogP contribution in [0, 0.1) is 0 Å². The van der Waals surface area contributed by atoms with E-state index < -0.39 is 0 Å². The average molecular weight is 269 g/mol. The van der Waals surface area contributed by atoms with Crippen LogP contribution in [0.4, 0.5) is 0 Å². The van der Waals surface area contributed by atoms with Gasteiger partial charge < -0.3 is 10.1 Å². The summed E-state index contributed by atoms with van der Waals surface area (Å²) in [5, 5.41) is 4.28. The van der Waals surface area contributed by atoms with Gasteiger partial charge in [-0.05, 0) is 32.0 Å². The minimum absolute atomic E-state index is 0.171. The summed E-state index contributed by atoms with van der Waals surface area (Å²) in [4.78, 5) is 2.44. The molecule has 1 aromatic carbocycles. The zero-order valence-electron chi connectivity index (χ0n) is 11.3. The highest BCUT2D eigenvalue weighted by Gasteiger charge is 2.26. The Hall–Kier alpha value is -0.770. The first kappa shape index (κ1) is 13.7. The van der Waals surface area contributed by atoms with Crippen LogP contribution in [0.25, 0.3) is 0 Å². The Balaban J connectivity index is 2.11. The van der Waals surface area contributed by atoms with Crippen molar-refractivity contribution in [3.8, 4) is 5.75 Å². The largest absolute Gasteiger partial charge is 0.496 e. The third-order valence-corrected chi connectivity index (χ3v) is 3.52. The number of halogens is 1. The smallest absolute Gasteiger partial charge is 0.123 e. The van der Waals surface area contributed by atoms with E-state index in [2.05, 4.69) is 24.1 Å². The van der Waals surface area contributed by atoms with E-state index in [4.69, 9.17) is 16.3 Å². The molecule has 1 saturated heterocycles. The number of ether oxygens (including phenoxy) is 1. The van der Waals surface area contributed by atoms with Gasteiger partial charge in [-0.1, -0.05) is 11.6 Å². The van der Waals surface area contributed by atoms with Gasteiger partial charge in [0.2, 0.25) is 0 Å². The molecule has 0 saturated carbocycles. The Morgan fingerprint density at radius 1 is 1.44 bits per heavy atom. The molecule has 0 bridgehead atoms. The molecular formula is C14H21ClN2O. The summed E-state index contributed by atoms with van der Waals surface area (Å²) in [5.74, 6) is 0.913. The molecule has 1 fully saturated rings. The predicted molar refractivity (Wildman–Crippen MR) is 75.4 cm³/mol. The van der Waals surface area contributed by atoms with Crippen molar-refractivity contribution in [2.45, 2.75) is 25.9 Å². The van der Waals surface area contributed by atoms with Gasteiger partial charge in [0.05, 0.1) is 7.11 Å². The zero-order chi connectivity index (χ0) is 13.2. The van der Waals surface area contributed by atoms with Crippen LogP contribution in [0.1, 0.15) is 19.4 Å². The van der Waals surface area contributed by atoms with Gasteiger partial charge in [-0.2, -0.15) is 0 Å². The summed E-state index contributed by atoms with van der Waals surface area (Å²) in [7, 11) is 1.70. The van der Waals surface area contributed by atoms with Crippen molar-refractivity contribution in [3.63, 3.8) is 0 Å². The number of piperazine rings is 1. The highest BCUT2D eigenvalue weighted by molar-refractivity contribution is 6.30. The first-order valence-corrected chi connectivity index (χ1v) is 6.68. The molecule has 0 aliphatic carbocycles. The van der Waals surface area contributed by atoms with Crippen LogP contribution in [0.15, 0.2) is 18.2 Å². The van der Waals surface area contributed by atoms with Gasteiger partial charge in [-0.3, -0.25) is 4.90 Å². The number of rotatable bonds is 3. The summed E-state index contributed by atoms with van der Waals surface area (Å²) in [6, 6.07) is 5.80. The predicted octanol–water partition coefficient (Wildman–Crippen LogP) is 2.53. The molecule has 1 aliphatic heterocycles. The maximum absolute atomic E-state index is 6.06. The highest BCUT2D eigenvalue weighted by atomic mass is 35.5. The van der Waals surface area contributed by atoms with Crippen LogP contribution in [0.3, 0.4) is 0 Å². The molecule has 1 aliphatic rings. The van der Waals surface area contributed by atoms with Crippen LogP contribution < -0.4 is 10.1 Å². The standard InChI is InChI=1S/C14H21ClN2O/c1-14(2)10-17(7-6-16-14)9-11-8-12(15)4-5-13(11)18-3/h4-5,8,16H,6-7,9-10H2,1-3H3. The third-order valence-electron chi connectivity index (χ3n) is 3.29. The van der Waals surface area contributed by atoms with E-state index in [1.54, 1.807) is 7.11 Å². The van der Waals surface area contributed by atoms with Crippen molar-refractivity contribution < 1.29 is 4.74 Å². The van der Waals surface area contributed by atoms with Gasteiger partial charge in [0.15, 0.2) is 0 Å². The monoisotopic (exact) mass is 268 g/mol. The lowest BCUT2D eigenvalue weighted by Gasteiger charge is -2.39. The fourth-order valence-electron chi connectivity index (χ4n) is 2.49. The Morgan fingerprint density at radius 3 is 2.89 bits per heavy atom. The number of hydrogen-bond acceptors (Lipinski definition) is 3. The van der Waals surface area contributed by atoms with E-state index in [0.717, 1.165) is 42.5 Å². The molecule has 0 spiro atoms. The van der Waals surface area contributed by atoms with Crippen molar-refractivity contribution in [1.82, 2.24) is 10.2 Å². The van der Waals surface area contributed by atoms with Gasteiger partial charge >= 0.3 is 0 Å². The molecule has 0 atom stereocenters. The second kappa shape index (κ2) is 5.47. The average Bonchev–Trinajstić information content (AvgIpc) is 2.28. The molecule has 18 heavy (non-hydrogen) atoms. The fraction of sp³-hybridized carbons (Fsp3) is 0.571. The minimum atomic E-state index is 0.171. The van der Waals surface area contributed by atoms with Crippen molar-refractivity contribution in [2.24, 2.45) is 0 Å². The van der Waals surface area contributed by atoms with E-state index >= 15 is 0 Å². The molecule has 100 valence electrons. The van der Waals surface area contributed by atoms with E-state index in [1.165, 1.54) is 0 Å². The lowest BCUT2D eigenvalue weighted by molar-refractivity contribution is 0.147. The molecule has 0 aromatic heterocycles. The Labute approximate surface area is 114 Å². The van der Waals surface area contributed by atoms with Crippen LogP contribution in [-0.4, -0.2) is 37.2 Å². The Bertz CT molecular complexity index is 420. The van der Waals surface area contributed by atoms with Gasteiger partial charge in [-0.15, -0.1) is 0 Å². The Kier molecular flexibility index (Phi) is 4.15. The van der Waals surface area contributed by atoms with Crippen molar-refractivity contribution in [1.29, 1.82) is 0 Å². The number of nitrogens with one attached hydrogen (secondary N) is 1. The maximum atomic E-state index is 6.06. The quantitative estimate of drug-likeness (QED) is 0.912. The Morgan fingerprint density at radius 2 is 2.22 bits per heavy atom. The zero-order valence-corrected chi connectivity index (χ0v) is 12.0. The number of hydrogen-bond donors (Lipinski definition) is 1. The molecule has 1 N–H and O–H groups in total. The topological polar surface area (TPSA) is 24.5 Å². The van der Waals surface area contributed by atoms with E-state index in [0.29, 0.717) is 0 Å². The number of nitrogens with zero attached hydrogens (tertiary/aromatic N) is 1. The van der Waals surface area contributed by atoms with Crippen LogP contribution in [-0.2, 0) is 6.54 Å². The lowest BCUT2D eigenvalue weighted by atomic mass is 10.0. The SMILES string of the molecule is COc1ccc(Cl)cc1CN1CCNC(C)(C)C1. The highest BCUT2D eigenvalue weighted by Crippen LogP contribution is 2.25. The fourth-order valence-corrected chi connectivity index (χ4v) is 2.69. The molecule has 3 nitrogen and oxygen atoms in total. The molecule has 4 heteroatoms. The van der Waals surface area contributed by atoms with Crippen LogP contribution >= 0.6 is 11.6 Å². The summed E-state index contributed by atoms with van der Waals surface area (Å²) < 4.78 is 5.39. The first-order chi connectivity index (χ1) is 8.50. The van der Waals surface area contributed by atoms with Gasteiger partial charge in [0, 0.05) is 42.3 Å². The second-order valence-electron chi connectivity index (χ2n) is 5.48. The molecule has 2 rings (SSSR count). The van der Waals surface area contributed by atoms with Gasteiger partial charge in [0.1, 0.15) is 5.75 Å². The molecular weight excluding hydrogens is 248 g/mol. The van der Waals surface area contributed by atoms with Crippen molar-refractivity contribution in [3.05, 3.63) is 28.8 Å². The van der Waals surface area contributed by atoms with Crippen molar-refractivity contribution >= 4 is 11.6 Å². The maximum Gasteiger partial charge on any atom is 0.123 e. The van der Waals surface area contributed by atoms with E-state index in [1.807, 2.05) is 18.2 Å². The lowest BCUT2D eigenvalue weighted by Crippen LogP contribution is -2.56. The normalized spacial score (nSPS) is 19.8. The molecule has 1 aromatic rings. The number of benzene rings is 1. The van der Waals surface area contributed by atoms with Gasteiger partial charge in [0.25, 0.3) is 0 Å². The third kappa shape index (κ3) is 3.37. The summed E-state index contributed by atoms with van der Waals surface area (Å²) in [5.41, 5.74) is 1.33. The number of methoxy groups -OCH3 is 1. The summed E-state index contributed by atoms with van der Waals surface area (Å²) in [6.07, 6.45) is 0. The molecule has 0 radical (unpaired) electrons. The van der Waals surface area contributed by atoms with E-state index in [9.17, 15) is 0 Å². The summed E-state index contributed by atoms with van der Waals surface area (Å²) in [6.45, 7) is 8.45. The minimum Gasteiger partial charge on any atom is -0.496 e. The van der Waals surface area contributed by atoms with Gasteiger partial charge in [-0.25, -0.2) is 0 Å². The summed E-state index contributed by atoms with van der Waals surface area (Å²) >= 11 is 6.06. The molecule has 0 unspecified atom stereocenters. The first-order valence-electron chi connectivity index (χ1n) is 6.30. The van der Waals surface area contributed by atoms with Crippen molar-refractivity contribution in [2.75, 3.05) is 26.7 Å². The van der Waals surface area contributed by atoms with Crippen LogP contribution in [0.5, 0.6) is 5.75 Å². The molecule has 1 heterocycles. The van der Waals surface area contributed by atoms with Crippen LogP contribution in [0.2, 0.25) is 5.02 Å². The molecule has 0 amide bonds. The second-order valence-corrected chi connectivity index (χ2v) is 5.91.